The molecule has 8 heteroatoms. The fourth-order valence-corrected chi connectivity index (χ4v) is 4.86. The van der Waals surface area contributed by atoms with Crippen molar-refractivity contribution in [3.63, 3.8) is 0 Å². The lowest BCUT2D eigenvalue weighted by Gasteiger charge is -2.42. The van der Waals surface area contributed by atoms with E-state index in [-0.39, 0.29) is 18.3 Å². The van der Waals surface area contributed by atoms with Crippen molar-refractivity contribution in [1.29, 1.82) is 0 Å². The zero-order valence-corrected chi connectivity index (χ0v) is 19.8. The minimum atomic E-state index is -0.202. The summed E-state index contributed by atoms with van der Waals surface area (Å²) in [6.45, 7) is 16.5. The molecule has 1 N–H and O–H groups in total. The molecule has 1 unspecified atom stereocenters. The van der Waals surface area contributed by atoms with Crippen LogP contribution in [0.2, 0.25) is 0 Å². The number of halogens is 1. The van der Waals surface area contributed by atoms with E-state index in [4.69, 9.17) is 9.97 Å². The summed E-state index contributed by atoms with van der Waals surface area (Å²) < 4.78 is 14.4. The molecule has 0 bridgehead atoms. The van der Waals surface area contributed by atoms with Crippen molar-refractivity contribution in [3.8, 4) is 0 Å². The van der Waals surface area contributed by atoms with Crippen LogP contribution < -0.4 is 4.90 Å². The summed E-state index contributed by atoms with van der Waals surface area (Å²) in [5.41, 5.74) is 5.61. The molecule has 5 rings (SSSR count). The summed E-state index contributed by atoms with van der Waals surface area (Å²) >= 11 is 0. The van der Waals surface area contributed by atoms with Gasteiger partial charge in [0, 0.05) is 48.9 Å². The zero-order chi connectivity index (χ0) is 24.0. The molecule has 0 spiro atoms. The maximum Gasteiger partial charge on any atom is 0.165 e. The number of aromatic amines is 1. The van der Waals surface area contributed by atoms with Gasteiger partial charge < -0.3 is 9.80 Å². The number of pyridine rings is 1. The van der Waals surface area contributed by atoms with Gasteiger partial charge in [0.1, 0.15) is 17.5 Å². The summed E-state index contributed by atoms with van der Waals surface area (Å²) in [4.78, 5) is 19.0. The lowest BCUT2D eigenvalue weighted by molar-refractivity contribution is 0.291. The predicted octanol–water partition coefficient (Wildman–Crippen LogP) is 4.80. The number of fused-ring (bicyclic) bond motifs is 2. The Bertz CT molecular complexity index is 1370. The van der Waals surface area contributed by atoms with Crippen LogP contribution in [0.25, 0.3) is 22.7 Å². The van der Waals surface area contributed by atoms with Gasteiger partial charge in [-0.1, -0.05) is 18.7 Å². The number of hydrogen-bond donors (Lipinski definition) is 1. The number of H-pyrrole nitrogens is 1. The molecule has 1 aliphatic carbocycles. The molecule has 1 fully saturated rings. The van der Waals surface area contributed by atoms with Gasteiger partial charge in [-0.2, -0.15) is 5.10 Å². The van der Waals surface area contributed by atoms with E-state index < -0.39 is 0 Å². The Labute approximate surface area is 198 Å². The van der Waals surface area contributed by atoms with E-state index in [2.05, 4.69) is 45.1 Å². The van der Waals surface area contributed by atoms with Crippen LogP contribution in [-0.2, 0) is 0 Å². The minimum absolute atomic E-state index is 0.202. The summed E-state index contributed by atoms with van der Waals surface area (Å²) in [6.07, 6.45) is 5.27. The second kappa shape index (κ2) is 8.52. The largest absolute Gasteiger partial charge is 0.368 e. The summed E-state index contributed by atoms with van der Waals surface area (Å²) in [5.74, 6) is 1.35. The van der Waals surface area contributed by atoms with Gasteiger partial charge in [-0.15, -0.1) is 0 Å². The number of rotatable bonds is 4. The van der Waals surface area contributed by atoms with Crippen LogP contribution in [0.1, 0.15) is 43.0 Å². The standard InChI is InChI=1S/C26H28FN7/c1-6-16(3)33-9-10-34(17(4)14-33)26-20-7-8-22(31-25(20)29-18(5)30-26)24-15(2)11-19(27)12-23-21(24)13-28-32-23/h6-8,12-13,17H,1,3,9-11,14H2,2,4-5H3,(H,28,32). The van der Waals surface area contributed by atoms with Crippen LogP contribution in [0.5, 0.6) is 0 Å². The highest BCUT2D eigenvalue weighted by atomic mass is 19.1. The average Bonchev–Trinajstić information content (AvgIpc) is 3.20. The van der Waals surface area contributed by atoms with E-state index in [0.29, 0.717) is 17.2 Å². The number of allylic oxidation sites excluding steroid dienone is 3. The van der Waals surface area contributed by atoms with Crippen molar-refractivity contribution in [2.24, 2.45) is 0 Å². The van der Waals surface area contributed by atoms with Crippen LogP contribution in [0.15, 0.2) is 54.7 Å². The van der Waals surface area contributed by atoms with Gasteiger partial charge in [0.25, 0.3) is 0 Å². The SMILES string of the molecule is C=CC(=C)N1CCN(c2nc(C)nc3nc(C4=C(C)CC(F)=Cc5[nH]ncc54)ccc23)C(C)C1. The molecule has 1 aliphatic heterocycles. The number of hydrogen-bond acceptors (Lipinski definition) is 6. The van der Waals surface area contributed by atoms with Gasteiger partial charge in [0.2, 0.25) is 0 Å². The quantitative estimate of drug-likeness (QED) is 0.567. The molecular formula is C26H28FN7. The number of nitrogens with one attached hydrogen (secondary N) is 1. The second-order valence-electron chi connectivity index (χ2n) is 8.97. The lowest BCUT2D eigenvalue weighted by atomic mass is 9.97. The maximum absolute atomic E-state index is 14.4. The van der Waals surface area contributed by atoms with Gasteiger partial charge in [0.15, 0.2) is 5.65 Å². The third-order valence-electron chi connectivity index (χ3n) is 6.55. The molecule has 0 amide bonds. The molecule has 2 aliphatic rings. The summed E-state index contributed by atoms with van der Waals surface area (Å²) in [6, 6.07) is 4.24. The number of aromatic nitrogens is 5. The Morgan fingerprint density at radius 3 is 2.79 bits per heavy atom. The number of aryl methyl sites for hydroxylation is 1. The number of nitrogens with zero attached hydrogens (tertiary/aromatic N) is 6. The monoisotopic (exact) mass is 457 g/mol. The van der Waals surface area contributed by atoms with Crippen molar-refractivity contribution in [1.82, 2.24) is 30.0 Å². The number of anilines is 1. The van der Waals surface area contributed by atoms with Crippen molar-refractivity contribution in [3.05, 3.63) is 77.4 Å². The lowest BCUT2D eigenvalue weighted by Crippen LogP contribution is -2.51. The number of piperazine rings is 1. The molecule has 0 aromatic carbocycles. The third kappa shape index (κ3) is 3.79. The maximum atomic E-state index is 14.4. The van der Waals surface area contributed by atoms with Crippen LogP contribution in [-0.4, -0.2) is 55.7 Å². The Kier molecular flexibility index (Phi) is 5.51. The van der Waals surface area contributed by atoms with Crippen LogP contribution >= 0.6 is 0 Å². The average molecular weight is 458 g/mol. The molecule has 1 saturated heterocycles. The Balaban J connectivity index is 1.56. The molecule has 3 aromatic heterocycles. The molecule has 1 atom stereocenters. The van der Waals surface area contributed by atoms with E-state index >= 15 is 0 Å². The van der Waals surface area contributed by atoms with Crippen LogP contribution in [0.4, 0.5) is 10.2 Å². The molecule has 7 nitrogen and oxygen atoms in total. The van der Waals surface area contributed by atoms with Crippen molar-refractivity contribution in [2.45, 2.75) is 33.2 Å². The van der Waals surface area contributed by atoms with Crippen molar-refractivity contribution >= 4 is 28.5 Å². The van der Waals surface area contributed by atoms with Gasteiger partial charge in [-0.25, -0.2) is 19.3 Å². The van der Waals surface area contributed by atoms with E-state index in [1.807, 2.05) is 26.0 Å². The summed E-state index contributed by atoms with van der Waals surface area (Å²) in [5, 5.41) is 7.92. The molecule has 0 radical (unpaired) electrons. The molecular weight excluding hydrogens is 429 g/mol. The van der Waals surface area contributed by atoms with Gasteiger partial charge in [-0.3, -0.25) is 5.10 Å². The van der Waals surface area contributed by atoms with Gasteiger partial charge >= 0.3 is 0 Å². The van der Waals surface area contributed by atoms with Gasteiger partial charge in [0.05, 0.1) is 23.0 Å². The predicted molar refractivity (Wildman–Crippen MR) is 134 cm³/mol. The Hall–Kier alpha value is -3.81. The van der Waals surface area contributed by atoms with Crippen LogP contribution in [0, 0.1) is 6.92 Å². The summed E-state index contributed by atoms with van der Waals surface area (Å²) in [7, 11) is 0. The minimum Gasteiger partial charge on any atom is -0.368 e. The molecule has 34 heavy (non-hydrogen) atoms. The highest BCUT2D eigenvalue weighted by Crippen LogP contribution is 2.36. The fourth-order valence-electron chi connectivity index (χ4n) is 4.86. The molecule has 174 valence electrons. The van der Waals surface area contributed by atoms with Gasteiger partial charge in [-0.05, 0) is 45.1 Å². The highest BCUT2D eigenvalue weighted by Gasteiger charge is 2.27. The van der Waals surface area contributed by atoms with Crippen molar-refractivity contribution < 1.29 is 4.39 Å². The van der Waals surface area contributed by atoms with E-state index in [1.165, 1.54) is 6.08 Å². The molecule has 4 heterocycles. The second-order valence-corrected chi connectivity index (χ2v) is 8.97. The molecule has 3 aromatic rings. The Morgan fingerprint density at radius 1 is 1.21 bits per heavy atom. The first-order chi connectivity index (χ1) is 16.4. The highest BCUT2D eigenvalue weighted by molar-refractivity contribution is 5.91. The van der Waals surface area contributed by atoms with Crippen molar-refractivity contribution in [2.75, 3.05) is 24.5 Å². The van der Waals surface area contributed by atoms with Crippen LogP contribution in [0.3, 0.4) is 0 Å². The van der Waals surface area contributed by atoms with E-state index in [1.54, 1.807) is 12.3 Å². The first-order valence-corrected chi connectivity index (χ1v) is 11.4. The zero-order valence-electron chi connectivity index (χ0n) is 19.8. The first-order valence-electron chi connectivity index (χ1n) is 11.4. The Morgan fingerprint density at radius 2 is 2.03 bits per heavy atom. The van der Waals surface area contributed by atoms with E-state index in [0.717, 1.165) is 58.9 Å². The fraction of sp³-hybridized carbons (Fsp3) is 0.308. The topological polar surface area (TPSA) is 73.8 Å². The third-order valence-corrected chi connectivity index (χ3v) is 6.55. The molecule has 0 saturated carbocycles. The van der Waals surface area contributed by atoms with E-state index in [9.17, 15) is 4.39 Å². The first kappa shape index (κ1) is 22.0. The normalized spacial score (nSPS) is 18.6. The smallest absolute Gasteiger partial charge is 0.165 e.